The van der Waals surface area contributed by atoms with Crippen LogP contribution in [0.2, 0.25) is 0 Å². The second-order valence-electron chi connectivity index (χ2n) is 9.34. The summed E-state index contributed by atoms with van der Waals surface area (Å²) in [5, 5.41) is 42.4. The van der Waals surface area contributed by atoms with E-state index in [1.807, 2.05) is 11.9 Å². The van der Waals surface area contributed by atoms with Crippen LogP contribution in [0.1, 0.15) is 0 Å². The Hall–Kier alpha value is -3.36. The van der Waals surface area contributed by atoms with Gasteiger partial charge in [0.2, 0.25) is 0 Å². The highest BCUT2D eigenvalue weighted by Crippen LogP contribution is 2.36. The molecule has 0 saturated carbocycles. The zero-order chi connectivity index (χ0) is 28.1. The molecule has 1 aliphatic heterocycles. The van der Waals surface area contributed by atoms with Gasteiger partial charge in [0, 0.05) is 43.3 Å². The van der Waals surface area contributed by atoms with Crippen LogP contribution in [0.4, 0.5) is 26.0 Å². The summed E-state index contributed by atoms with van der Waals surface area (Å²) in [6.07, 6.45) is -6.09. The highest BCUT2D eigenvalue weighted by Gasteiger charge is 2.34. The summed E-state index contributed by atoms with van der Waals surface area (Å²) in [6.45, 7) is 1.43. The van der Waals surface area contributed by atoms with Crippen LogP contribution in [0.5, 0.6) is 11.5 Å². The van der Waals surface area contributed by atoms with E-state index >= 15 is 4.39 Å². The van der Waals surface area contributed by atoms with Crippen molar-refractivity contribution in [2.45, 2.75) is 24.5 Å². The van der Waals surface area contributed by atoms with Crippen LogP contribution in [0.3, 0.4) is 0 Å². The predicted molar refractivity (Wildman–Crippen MR) is 141 cm³/mol. The third-order valence-electron chi connectivity index (χ3n) is 6.71. The molecule has 2 aromatic carbocycles. The summed E-state index contributed by atoms with van der Waals surface area (Å²) in [4.78, 5) is 12.7. The molecule has 0 amide bonds. The van der Waals surface area contributed by atoms with Crippen LogP contribution in [0.25, 0.3) is 10.9 Å². The number of alkyl halides is 1. The molecule has 5 N–H and O–H groups in total. The lowest BCUT2D eigenvalue weighted by Gasteiger charge is -2.34. The van der Waals surface area contributed by atoms with Gasteiger partial charge in [0.1, 0.15) is 30.2 Å². The van der Waals surface area contributed by atoms with Crippen molar-refractivity contribution in [3.63, 3.8) is 0 Å². The van der Waals surface area contributed by atoms with Gasteiger partial charge in [0.25, 0.3) is 0 Å². The molecule has 0 bridgehead atoms. The lowest BCUT2D eigenvalue weighted by Crippen LogP contribution is -2.48. The number of nitrogens with one attached hydrogen (secondary N) is 1. The van der Waals surface area contributed by atoms with Crippen molar-refractivity contribution in [2.24, 2.45) is 0 Å². The molecule has 2 heterocycles. The second-order valence-corrected chi connectivity index (χ2v) is 9.34. The zero-order valence-electron chi connectivity index (χ0n) is 21.7. The topological polar surface area (TPSA) is 144 Å². The van der Waals surface area contributed by atoms with Gasteiger partial charge in [-0.2, -0.15) is 0 Å². The van der Waals surface area contributed by atoms with E-state index in [2.05, 4.69) is 20.2 Å². The minimum absolute atomic E-state index is 0.0573. The number of aromatic nitrogens is 2. The Bertz CT molecular complexity index is 1260. The van der Waals surface area contributed by atoms with E-state index in [0.29, 0.717) is 28.1 Å². The Kier molecular flexibility index (Phi) is 9.30. The van der Waals surface area contributed by atoms with Crippen LogP contribution < -0.4 is 19.7 Å². The monoisotopic (exact) mass is 549 g/mol. The number of fused-ring (bicyclic) bond motifs is 1. The summed E-state index contributed by atoms with van der Waals surface area (Å²) < 4.78 is 39.7. The summed E-state index contributed by atoms with van der Waals surface area (Å²) in [5.41, 5.74) is 1.41. The summed E-state index contributed by atoms with van der Waals surface area (Å²) in [5.74, 6) is 0.246. The minimum Gasteiger partial charge on any atom is -0.493 e. The number of aliphatic hydroxyl groups is 4. The van der Waals surface area contributed by atoms with Gasteiger partial charge in [-0.15, -0.1) is 0 Å². The first-order chi connectivity index (χ1) is 18.7. The molecular weight excluding hydrogens is 516 g/mol. The first-order valence-electron chi connectivity index (χ1n) is 12.5. The Labute approximate surface area is 224 Å². The number of aliphatic hydroxyl groups excluding tert-OH is 4. The molecular formula is C26H33F2N5O6. The maximum atomic E-state index is 15.0. The molecule has 4 atom stereocenters. The normalized spacial score (nSPS) is 17.5. The third-order valence-corrected chi connectivity index (χ3v) is 6.71. The fourth-order valence-corrected chi connectivity index (χ4v) is 4.36. The first-order valence-corrected chi connectivity index (χ1v) is 12.5. The van der Waals surface area contributed by atoms with Crippen molar-refractivity contribution in [1.82, 2.24) is 14.9 Å². The Morgan fingerprint density at radius 2 is 1.74 bits per heavy atom. The highest BCUT2D eigenvalue weighted by atomic mass is 19.1. The molecule has 0 unspecified atom stereocenters. The number of hydrogen-bond donors (Lipinski definition) is 5. The maximum absolute atomic E-state index is 15.0. The average molecular weight is 550 g/mol. The fourth-order valence-electron chi connectivity index (χ4n) is 4.36. The summed E-state index contributed by atoms with van der Waals surface area (Å²) in [7, 11) is 3.41. The standard InChI is InChI=1S/C26H33F2N5O6/c1-32-5-7-33(8-6-32)20-4-3-15(9-17(20)27)31-26-16-10-21(38-2)22(11-19(16)29-14-30-26)39-23(13-35)25(37)24(36)18(28)12-34/h3-4,9-11,14,18,23-25,34-37H,5-8,12-13H2,1-2H3,(H,29,30,31)/t18-,23-,24+,25+/m0/s1. The number of piperazine rings is 1. The Balaban J connectivity index is 1.57. The van der Waals surface area contributed by atoms with Crippen molar-refractivity contribution >= 4 is 28.1 Å². The summed E-state index contributed by atoms with van der Waals surface area (Å²) >= 11 is 0. The van der Waals surface area contributed by atoms with Gasteiger partial charge in [-0.1, -0.05) is 0 Å². The number of ether oxygens (including phenoxy) is 2. The number of hydrogen-bond acceptors (Lipinski definition) is 11. The molecule has 11 nitrogen and oxygen atoms in total. The number of benzene rings is 2. The number of halogens is 2. The Morgan fingerprint density at radius 3 is 2.38 bits per heavy atom. The van der Waals surface area contributed by atoms with Gasteiger partial charge >= 0.3 is 0 Å². The van der Waals surface area contributed by atoms with Gasteiger partial charge in [0.15, 0.2) is 23.8 Å². The van der Waals surface area contributed by atoms with Crippen molar-refractivity contribution < 1.29 is 38.7 Å². The van der Waals surface area contributed by atoms with Crippen molar-refractivity contribution in [2.75, 3.05) is 63.8 Å². The molecule has 0 radical (unpaired) electrons. The maximum Gasteiger partial charge on any atom is 0.164 e. The molecule has 1 aromatic heterocycles. The van der Waals surface area contributed by atoms with Gasteiger partial charge in [-0.25, -0.2) is 18.7 Å². The van der Waals surface area contributed by atoms with Crippen LogP contribution in [-0.2, 0) is 0 Å². The van der Waals surface area contributed by atoms with Gasteiger partial charge < -0.3 is 45.0 Å². The van der Waals surface area contributed by atoms with Gasteiger partial charge in [-0.05, 0) is 31.3 Å². The van der Waals surface area contributed by atoms with Crippen LogP contribution in [0, 0.1) is 5.82 Å². The molecule has 39 heavy (non-hydrogen) atoms. The lowest BCUT2D eigenvalue weighted by atomic mass is 10.0. The fraction of sp³-hybridized carbons (Fsp3) is 0.462. The van der Waals surface area contributed by atoms with E-state index < -0.39 is 37.7 Å². The van der Waals surface area contributed by atoms with E-state index in [9.17, 15) is 19.7 Å². The molecule has 1 saturated heterocycles. The van der Waals surface area contributed by atoms with Crippen LogP contribution in [-0.4, -0.2) is 113 Å². The van der Waals surface area contributed by atoms with E-state index in [-0.39, 0.29) is 17.3 Å². The summed E-state index contributed by atoms with van der Waals surface area (Å²) in [6, 6.07) is 7.93. The van der Waals surface area contributed by atoms with Gasteiger partial charge in [0.05, 0.1) is 31.5 Å². The zero-order valence-corrected chi connectivity index (χ0v) is 21.7. The van der Waals surface area contributed by atoms with Crippen LogP contribution in [0.15, 0.2) is 36.7 Å². The predicted octanol–water partition coefficient (Wildman–Crippen LogP) is 1.06. The molecule has 13 heteroatoms. The molecule has 3 aromatic rings. The van der Waals surface area contributed by atoms with Crippen LogP contribution >= 0.6 is 0 Å². The lowest BCUT2D eigenvalue weighted by molar-refractivity contribution is -0.0981. The van der Waals surface area contributed by atoms with Crippen molar-refractivity contribution in [1.29, 1.82) is 0 Å². The number of anilines is 3. The molecule has 212 valence electrons. The number of likely N-dealkylation sites (N-methyl/N-ethyl adjacent to an activating group) is 1. The first kappa shape index (κ1) is 28.6. The Morgan fingerprint density at radius 1 is 1.00 bits per heavy atom. The van der Waals surface area contributed by atoms with E-state index in [1.54, 1.807) is 18.2 Å². The smallest absolute Gasteiger partial charge is 0.164 e. The minimum atomic E-state index is -2.13. The van der Waals surface area contributed by atoms with E-state index in [1.165, 1.54) is 25.6 Å². The SMILES string of the molecule is COc1cc2c(Nc3ccc(N4CCN(C)CC4)c(F)c3)ncnc2cc1O[C@@H](CO)[C@@H](O)[C@H](O)[C@@H](F)CO. The van der Waals surface area contributed by atoms with Crippen molar-refractivity contribution in [3.8, 4) is 11.5 Å². The largest absolute Gasteiger partial charge is 0.493 e. The van der Waals surface area contributed by atoms with E-state index in [4.69, 9.17) is 14.6 Å². The number of methoxy groups -OCH3 is 1. The molecule has 4 rings (SSSR count). The van der Waals surface area contributed by atoms with Gasteiger partial charge in [-0.3, -0.25) is 0 Å². The molecule has 1 aliphatic rings. The quantitative estimate of drug-likeness (QED) is 0.234. The molecule has 1 fully saturated rings. The average Bonchev–Trinajstić information content (AvgIpc) is 2.95. The number of nitrogens with zero attached hydrogens (tertiary/aromatic N) is 4. The second kappa shape index (κ2) is 12.7. The molecule has 0 spiro atoms. The highest BCUT2D eigenvalue weighted by molar-refractivity contribution is 5.93. The third kappa shape index (κ3) is 6.45. The number of rotatable bonds is 11. The van der Waals surface area contributed by atoms with Crippen molar-refractivity contribution in [3.05, 3.63) is 42.5 Å². The molecule has 0 aliphatic carbocycles. The van der Waals surface area contributed by atoms with E-state index in [0.717, 1.165) is 26.2 Å².